The molecule has 2 aromatic heterocycles. The Hall–Kier alpha value is -2.81. The van der Waals surface area contributed by atoms with E-state index in [0.29, 0.717) is 21.9 Å². The van der Waals surface area contributed by atoms with Crippen molar-refractivity contribution in [1.82, 2.24) is 10.2 Å². The second-order valence-electron chi connectivity index (χ2n) is 4.87. The number of nitrogens with one attached hydrogen (secondary N) is 1. The molecule has 1 aliphatic heterocycles. The summed E-state index contributed by atoms with van der Waals surface area (Å²) in [5, 5.41) is 10.1. The van der Waals surface area contributed by atoms with Crippen LogP contribution in [-0.4, -0.2) is 28.8 Å². The van der Waals surface area contributed by atoms with Crippen LogP contribution in [0.2, 0.25) is 0 Å². The van der Waals surface area contributed by atoms with Gasteiger partial charge in [0.05, 0.1) is 0 Å². The first-order chi connectivity index (χ1) is 11.7. The molecule has 1 unspecified atom stereocenters. The number of halogens is 1. The van der Waals surface area contributed by atoms with Crippen LogP contribution < -0.4 is 14.8 Å². The lowest BCUT2D eigenvalue weighted by molar-refractivity contribution is -0.125. The minimum atomic E-state index is -0.812. The summed E-state index contributed by atoms with van der Waals surface area (Å²) in [7, 11) is 0. The molecule has 0 bridgehead atoms. The van der Waals surface area contributed by atoms with Gasteiger partial charge in [0.1, 0.15) is 6.61 Å². The molecule has 4 rings (SSSR count). The summed E-state index contributed by atoms with van der Waals surface area (Å²) in [5.74, 6) is 1.21. The number of anilines is 1. The van der Waals surface area contributed by atoms with Crippen molar-refractivity contribution in [3.8, 4) is 23.1 Å². The summed E-state index contributed by atoms with van der Waals surface area (Å²) >= 11 is 3.19. The van der Waals surface area contributed by atoms with E-state index in [1.54, 1.807) is 30.3 Å². The molecular weight excluding hydrogens is 382 g/mol. The average Bonchev–Trinajstić information content (AvgIpc) is 3.23. The second-order valence-corrected chi connectivity index (χ2v) is 5.65. The quantitative estimate of drug-likeness (QED) is 0.732. The maximum Gasteiger partial charge on any atom is 0.322 e. The van der Waals surface area contributed by atoms with Gasteiger partial charge < -0.3 is 18.3 Å². The van der Waals surface area contributed by atoms with Crippen molar-refractivity contribution >= 4 is 27.9 Å². The van der Waals surface area contributed by atoms with E-state index in [-0.39, 0.29) is 18.5 Å². The van der Waals surface area contributed by atoms with Gasteiger partial charge in [0.2, 0.25) is 6.10 Å². The number of ether oxygens (including phenoxy) is 2. The highest BCUT2D eigenvalue weighted by Gasteiger charge is 2.28. The summed E-state index contributed by atoms with van der Waals surface area (Å²) in [4.78, 5) is 12.3. The van der Waals surface area contributed by atoms with Crippen molar-refractivity contribution in [2.75, 3.05) is 11.9 Å². The van der Waals surface area contributed by atoms with Crippen LogP contribution in [0, 0.1) is 0 Å². The Labute approximate surface area is 143 Å². The Bertz CT molecular complexity index is 891. The first kappa shape index (κ1) is 14.8. The summed E-state index contributed by atoms with van der Waals surface area (Å²) in [6.45, 7) is 0.0922. The summed E-state index contributed by atoms with van der Waals surface area (Å²) in [6.07, 6.45) is -0.812. The Balaban J connectivity index is 1.44. The van der Waals surface area contributed by atoms with E-state index in [0.717, 1.165) is 0 Å². The monoisotopic (exact) mass is 391 g/mol. The number of amides is 1. The van der Waals surface area contributed by atoms with Gasteiger partial charge in [-0.2, -0.15) is 0 Å². The van der Waals surface area contributed by atoms with E-state index in [4.69, 9.17) is 18.3 Å². The van der Waals surface area contributed by atoms with Crippen LogP contribution in [0.4, 0.5) is 6.01 Å². The molecule has 0 spiro atoms. The fourth-order valence-electron chi connectivity index (χ4n) is 2.14. The van der Waals surface area contributed by atoms with Gasteiger partial charge in [-0.15, -0.1) is 5.10 Å². The lowest BCUT2D eigenvalue weighted by Gasteiger charge is -2.24. The van der Waals surface area contributed by atoms with Gasteiger partial charge in [-0.1, -0.05) is 17.2 Å². The lowest BCUT2D eigenvalue weighted by atomic mass is 10.2. The number of furan rings is 1. The minimum absolute atomic E-state index is 0.0509. The molecule has 1 amide bonds. The maximum absolute atomic E-state index is 12.3. The third-order valence-corrected chi connectivity index (χ3v) is 3.67. The SMILES string of the molecule is O=C(Nc1nnc(-c2ccc(Br)o2)o1)C1COc2ccccc2O1. The zero-order valence-electron chi connectivity index (χ0n) is 12.1. The average molecular weight is 392 g/mol. The van der Waals surface area contributed by atoms with Crippen LogP contribution in [-0.2, 0) is 4.79 Å². The number of hydrogen-bond donors (Lipinski definition) is 1. The molecule has 24 heavy (non-hydrogen) atoms. The summed E-state index contributed by atoms with van der Waals surface area (Å²) < 4.78 is 22.3. The van der Waals surface area contributed by atoms with Crippen LogP contribution in [0.1, 0.15) is 0 Å². The topological polar surface area (TPSA) is 99.6 Å². The normalized spacial score (nSPS) is 16.0. The lowest BCUT2D eigenvalue weighted by Crippen LogP contribution is -2.40. The molecule has 3 heterocycles. The molecule has 1 aliphatic rings. The summed E-state index contributed by atoms with van der Waals surface area (Å²) in [5.41, 5.74) is 0. The molecule has 1 atom stereocenters. The fraction of sp³-hybridized carbons (Fsp3) is 0.133. The minimum Gasteiger partial charge on any atom is -0.485 e. The molecule has 0 radical (unpaired) electrons. The predicted molar refractivity (Wildman–Crippen MR) is 84.7 cm³/mol. The number of carbonyl (C=O) groups excluding carboxylic acids is 1. The fourth-order valence-corrected chi connectivity index (χ4v) is 2.44. The number of benzene rings is 1. The number of fused-ring (bicyclic) bond motifs is 1. The van der Waals surface area contributed by atoms with E-state index >= 15 is 0 Å². The molecule has 1 N–H and O–H groups in total. The Kier molecular flexibility index (Phi) is 3.69. The van der Waals surface area contributed by atoms with Crippen molar-refractivity contribution in [2.45, 2.75) is 6.10 Å². The third-order valence-electron chi connectivity index (χ3n) is 3.24. The van der Waals surface area contributed by atoms with E-state index in [1.165, 1.54) is 0 Å². The largest absolute Gasteiger partial charge is 0.485 e. The van der Waals surface area contributed by atoms with Gasteiger partial charge in [0.25, 0.3) is 11.8 Å². The van der Waals surface area contributed by atoms with Gasteiger partial charge in [0.15, 0.2) is 21.9 Å². The molecule has 8 nitrogen and oxygen atoms in total. The number of hydrogen-bond acceptors (Lipinski definition) is 7. The molecule has 0 saturated carbocycles. The molecule has 0 aliphatic carbocycles. The summed E-state index contributed by atoms with van der Waals surface area (Å²) in [6, 6.07) is 10.4. The van der Waals surface area contributed by atoms with E-state index in [1.807, 2.05) is 6.07 Å². The Morgan fingerprint density at radius 2 is 1.96 bits per heavy atom. The van der Waals surface area contributed by atoms with Crippen molar-refractivity contribution in [3.63, 3.8) is 0 Å². The number of aromatic nitrogens is 2. The predicted octanol–water partition coefficient (Wildman–Crippen LogP) is 2.87. The van der Waals surface area contributed by atoms with Crippen LogP contribution in [0.3, 0.4) is 0 Å². The van der Waals surface area contributed by atoms with Crippen molar-refractivity contribution in [1.29, 1.82) is 0 Å². The smallest absolute Gasteiger partial charge is 0.322 e. The van der Waals surface area contributed by atoms with Crippen LogP contribution >= 0.6 is 15.9 Å². The van der Waals surface area contributed by atoms with Gasteiger partial charge >= 0.3 is 6.01 Å². The first-order valence-electron chi connectivity index (χ1n) is 6.97. The van der Waals surface area contributed by atoms with E-state index in [9.17, 15) is 4.79 Å². The maximum atomic E-state index is 12.3. The van der Waals surface area contributed by atoms with Crippen LogP contribution in [0.15, 0.2) is 49.9 Å². The molecule has 1 aromatic carbocycles. The number of carbonyl (C=O) groups is 1. The first-order valence-corrected chi connectivity index (χ1v) is 7.77. The molecule has 9 heteroatoms. The standard InChI is InChI=1S/C15H10BrN3O5/c16-12-6-5-10(23-12)14-18-19-15(24-14)17-13(20)11-7-21-8-3-1-2-4-9(8)22-11/h1-6,11H,7H2,(H,17,19,20). The van der Waals surface area contributed by atoms with E-state index < -0.39 is 12.0 Å². The zero-order chi connectivity index (χ0) is 16.5. The molecule has 122 valence electrons. The van der Waals surface area contributed by atoms with Gasteiger partial charge in [0, 0.05) is 0 Å². The highest BCUT2D eigenvalue weighted by molar-refractivity contribution is 9.10. The highest BCUT2D eigenvalue weighted by Crippen LogP contribution is 2.31. The number of para-hydroxylation sites is 2. The second kappa shape index (κ2) is 6.00. The third kappa shape index (κ3) is 2.85. The number of nitrogens with zero attached hydrogens (tertiary/aromatic N) is 2. The van der Waals surface area contributed by atoms with E-state index in [2.05, 4.69) is 31.4 Å². The Morgan fingerprint density at radius 1 is 1.12 bits per heavy atom. The molecule has 0 saturated heterocycles. The molecule has 3 aromatic rings. The molecule has 0 fully saturated rings. The van der Waals surface area contributed by atoms with Gasteiger partial charge in [-0.3, -0.25) is 10.1 Å². The Morgan fingerprint density at radius 3 is 2.75 bits per heavy atom. The van der Waals surface area contributed by atoms with Crippen LogP contribution in [0.25, 0.3) is 11.7 Å². The van der Waals surface area contributed by atoms with Crippen molar-refractivity contribution in [3.05, 3.63) is 41.1 Å². The van der Waals surface area contributed by atoms with Gasteiger partial charge in [-0.25, -0.2) is 0 Å². The number of rotatable bonds is 3. The van der Waals surface area contributed by atoms with Gasteiger partial charge in [-0.05, 0) is 40.2 Å². The van der Waals surface area contributed by atoms with Crippen LogP contribution in [0.5, 0.6) is 11.5 Å². The van der Waals surface area contributed by atoms with Crippen molar-refractivity contribution in [2.24, 2.45) is 0 Å². The highest BCUT2D eigenvalue weighted by atomic mass is 79.9. The van der Waals surface area contributed by atoms with Crippen molar-refractivity contribution < 1.29 is 23.1 Å². The molecular formula is C15H10BrN3O5. The zero-order valence-corrected chi connectivity index (χ0v) is 13.6.